The summed E-state index contributed by atoms with van der Waals surface area (Å²) in [7, 11) is 0. The van der Waals surface area contributed by atoms with Crippen molar-refractivity contribution < 1.29 is 9.53 Å². The Morgan fingerprint density at radius 2 is 2.29 bits per heavy atom. The highest BCUT2D eigenvalue weighted by atomic mass is 16.5. The molecule has 0 aliphatic heterocycles. The molecule has 4 heteroatoms. The maximum absolute atomic E-state index is 10.8. The Morgan fingerprint density at radius 3 is 2.93 bits per heavy atom. The van der Waals surface area contributed by atoms with Crippen molar-refractivity contribution in [3.05, 3.63) is 24.3 Å². The number of nitrogens with one attached hydrogen (secondary N) is 1. The summed E-state index contributed by atoms with van der Waals surface area (Å²) in [5, 5.41) is 10.9. The molecule has 0 aromatic heterocycles. The molecule has 0 heterocycles. The van der Waals surface area contributed by atoms with Crippen molar-refractivity contribution >= 4 is 11.6 Å². The lowest BCUT2D eigenvalue weighted by Gasteiger charge is -2.08. The highest BCUT2D eigenvalue weighted by Crippen LogP contribution is 2.23. The summed E-state index contributed by atoms with van der Waals surface area (Å²) in [6.45, 7) is 1.39. The van der Waals surface area contributed by atoms with Crippen LogP contribution in [0, 0.1) is 11.3 Å². The first-order valence-electron chi connectivity index (χ1n) is 4.10. The molecule has 0 aliphatic carbocycles. The molecular weight excluding hydrogens is 180 g/mol. The van der Waals surface area contributed by atoms with E-state index in [0.29, 0.717) is 11.4 Å². The van der Waals surface area contributed by atoms with Gasteiger partial charge in [-0.1, -0.05) is 12.1 Å². The number of anilines is 1. The fourth-order valence-electron chi connectivity index (χ4n) is 0.995. The van der Waals surface area contributed by atoms with E-state index < -0.39 is 0 Å². The van der Waals surface area contributed by atoms with Gasteiger partial charge in [0.05, 0.1) is 5.69 Å². The lowest BCUT2D eigenvalue weighted by molar-refractivity contribution is -0.114. The van der Waals surface area contributed by atoms with Crippen molar-refractivity contribution in [2.45, 2.75) is 6.92 Å². The Kier molecular flexibility index (Phi) is 3.50. The van der Waals surface area contributed by atoms with Gasteiger partial charge in [0.2, 0.25) is 5.91 Å². The quantitative estimate of drug-likeness (QED) is 0.786. The van der Waals surface area contributed by atoms with E-state index in [2.05, 4.69) is 5.32 Å². The van der Waals surface area contributed by atoms with Crippen LogP contribution in [0.15, 0.2) is 24.3 Å². The third-order valence-electron chi connectivity index (χ3n) is 1.49. The van der Waals surface area contributed by atoms with Gasteiger partial charge in [0.15, 0.2) is 6.61 Å². The molecule has 1 N–H and O–H groups in total. The predicted molar refractivity (Wildman–Crippen MR) is 51.9 cm³/mol. The predicted octanol–water partition coefficient (Wildman–Crippen LogP) is 1.55. The zero-order chi connectivity index (χ0) is 10.4. The number of ether oxygens (including phenoxy) is 1. The van der Waals surface area contributed by atoms with Gasteiger partial charge in [-0.05, 0) is 12.1 Å². The summed E-state index contributed by atoms with van der Waals surface area (Å²) < 4.78 is 5.11. The van der Waals surface area contributed by atoms with Gasteiger partial charge in [-0.2, -0.15) is 5.26 Å². The van der Waals surface area contributed by atoms with E-state index in [0.717, 1.165) is 0 Å². The topological polar surface area (TPSA) is 62.1 Å². The highest BCUT2D eigenvalue weighted by molar-refractivity contribution is 5.90. The van der Waals surface area contributed by atoms with E-state index in [1.807, 2.05) is 6.07 Å². The summed E-state index contributed by atoms with van der Waals surface area (Å²) in [4.78, 5) is 10.8. The fraction of sp³-hybridized carbons (Fsp3) is 0.200. The molecule has 4 nitrogen and oxygen atoms in total. The monoisotopic (exact) mass is 190 g/mol. The molecule has 1 amide bonds. The number of carbonyl (C=O) groups excluding carboxylic acids is 1. The number of nitrogens with zero attached hydrogens (tertiary/aromatic N) is 1. The van der Waals surface area contributed by atoms with Crippen molar-refractivity contribution in [1.82, 2.24) is 0 Å². The van der Waals surface area contributed by atoms with Crippen molar-refractivity contribution in [3.8, 4) is 11.8 Å². The Bertz CT molecular complexity index is 369. The molecule has 0 atom stereocenters. The molecule has 0 unspecified atom stereocenters. The van der Waals surface area contributed by atoms with Gasteiger partial charge >= 0.3 is 0 Å². The Labute approximate surface area is 82.1 Å². The molecule has 0 fully saturated rings. The van der Waals surface area contributed by atoms with Crippen molar-refractivity contribution in [3.63, 3.8) is 0 Å². The molecule has 1 rings (SSSR count). The third kappa shape index (κ3) is 2.79. The van der Waals surface area contributed by atoms with Crippen LogP contribution in [0.5, 0.6) is 5.75 Å². The first-order valence-corrected chi connectivity index (χ1v) is 4.10. The third-order valence-corrected chi connectivity index (χ3v) is 1.49. The standard InChI is InChI=1S/C10H10N2O2/c1-8(13)12-9-4-2-3-5-10(9)14-7-6-11/h2-5H,7H2,1H3,(H,12,13). The van der Waals surface area contributed by atoms with E-state index >= 15 is 0 Å². The number of amides is 1. The van der Waals surface area contributed by atoms with Crippen LogP contribution in [0.25, 0.3) is 0 Å². The summed E-state index contributed by atoms with van der Waals surface area (Å²) in [6.07, 6.45) is 0. The van der Waals surface area contributed by atoms with E-state index in [-0.39, 0.29) is 12.5 Å². The lowest BCUT2D eigenvalue weighted by Crippen LogP contribution is -2.07. The number of hydrogen-bond donors (Lipinski definition) is 1. The van der Waals surface area contributed by atoms with Gasteiger partial charge < -0.3 is 10.1 Å². The molecule has 72 valence electrons. The average molecular weight is 190 g/mol. The van der Waals surface area contributed by atoms with Crippen molar-refractivity contribution in [1.29, 1.82) is 5.26 Å². The number of hydrogen-bond acceptors (Lipinski definition) is 3. The summed E-state index contributed by atoms with van der Waals surface area (Å²) in [6, 6.07) is 8.83. The van der Waals surface area contributed by atoms with Crippen molar-refractivity contribution in [2.24, 2.45) is 0 Å². The van der Waals surface area contributed by atoms with Gasteiger partial charge in [0.25, 0.3) is 0 Å². The minimum atomic E-state index is -0.169. The number of benzene rings is 1. The maximum Gasteiger partial charge on any atom is 0.221 e. The van der Waals surface area contributed by atoms with Crippen LogP contribution in [0.1, 0.15) is 6.92 Å². The summed E-state index contributed by atoms with van der Waals surface area (Å²) in [5.41, 5.74) is 0.579. The van der Waals surface area contributed by atoms with Crippen LogP contribution in [-0.2, 0) is 4.79 Å². The molecule has 0 saturated heterocycles. The van der Waals surface area contributed by atoms with Crippen LogP contribution in [0.4, 0.5) is 5.69 Å². The molecule has 0 saturated carbocycles. The van der Waals surface area contributed by atoms with E-state index in [1.54, 1.807) is 24.3 Å². The van der Waals surface area contributed by atoms with Gasteiger partial charge in [-0.3, -0.25) is 4.79 Å². The van der Waals surface area contributed by atoms with Gasteiger partial charge in [0, 0.05) is 6.92 Å². The number of para-hydroxylation sites is 2. The first kappa shape index (κ1) is 10.1. The van der Waals surface area contributed by atoms with Gasteiger partial charge in [-0.15, -0.1) is 0 Å². The largest absolute Gasteiger partial charge is 0.477 e. The number of nitriles is 1. The second kappa shape index (κ2) is 4.87. The Hall–Kier alpha value is -2.02. The molecule has 1 aromatic rings. The zero-order valence-electron chi connectivity index (χ0n) is 7.78. The van der Waals surface area contributed by atoms with Crippen LogP contribution in [-0.4, -0.2) is 12.5 Å². The second-order valence-corrected chi connectivity index (χ2v) is 2.62. The van der Waals surface area contributed by atoms with Crippen LogP contribution < -0.4 is 10.1 Å². The lowest BCUT2D eigenvalue weighted by atomic mass is 10.3. The number of carbonyl (C=O) groups is 1. The number of rotatable bonds is 3. The van der Waals surface area contributed by atoms with Crippen LogP contribution in [0.2, 0.25) is 0 Å². The average Bonchev–Trinajstić information content (AvgIpc) is 2.16. The van der Waals surface area contributed by atoms with Crippen LogP contribution >= 0.6 is 0 Å². The molecule has 0 bridgehead atoms. The smallest absolute Gasteiger partial charge is 0.221 e. The highest BCUT2D eigenvalue weighted by Gasteiger charge is 2.02. The van der Waals surface area contributed by atoms with Gasteiger partial charge in [-0.25, -0.2) is 0 Å². The van der Waals surface area contributed by atoms with E-state index in [1.165, 1.54) is 6.92 Å². The molecular formula is C10H10N2O2. The fourth-order valence-corrected chi connectivity index (χ4v) is 0.995. The molecule has 0 spiro atoms. The minimum Gasteiger partial charge on any atom is -0.477 e. The Balaban J connectivity index is 2.81. The van der Waals surface area contributed by atoms with E-state index in [4.69, 9.17) is 10.00 Å². The minimum absolute atomic E-state index is 0.0312. The second-order valence-electron chi connectivity index (χ2n) is 2.62. The summed E-state index contributed by atoms with van der Waals surface area (Å²) in [5.74, 6) is 0.335. The van der Waals surface area contributed by atoms with Crippen molar-refractivity contribution in [2.75, 3.05) is 11.9 Å². The van der Waals surface area contributed by atoms with Gasteiger partial charge in [0.1, 0.15) is 11.8 Å². The normalized spacial score (nSPS) is 8.86. The first-order chi connectivity index (χ1) is 6.74. The molecule has 0 aliphatic rings. The molecule has 14 heavy (non-hydrogen) atoms. The summed E-state index contributed by atoms with van der Waals surface area (Å²) >= 11 is 0. The van der Waals surface area contributed by atoms with Crippen LogP contribution in [0.3, 0.4) is 0 Å². The SMILES string of the molecule is CC(=O)Nc1ccccc1OCC#N. The molecule has 0 radical (unpaired) electrons. The van der Waals surface area contributed by atoms with E-state index in [9.17, 15) is 4.79 Å². The zero-order valence-corrected chi connectivity index (χ0v) is 7.78. The molecule has 1 aromatic carbocycles. The maximum atomic E-state index is 10.8. The Morgan fingerprint density at radius 1 is 1.57 bits per heavy atom.